The van der Waals surface area contributed by atoms with Crippen molar-refractivity contribution < 1.29 is 19.1 Å². The molecule has 1 aliphatic heterocycles. The molecule has 0 amide bonds. The molecule has 0 aliphatic carbocycles. The van der Waals surface area contributed by atoms with Crippen LogP contribution < -0.4 is 10.3 Å². The average molecular weight is 465 g/mol. The van der Waals surface area contributed by atoms with Crippen molar-refractivity contribution in [3.63, 3.8) is 0 Å². The zero-order valence-electron chi connectivity index (χ0n) is 17.7. The topological polar surface area (TPSA) is 119 Å². The van der Waals surface area contributed by atoms with Gasteiger partial charge in [0.1, 0.15) is 22.9 Å². The normalized spacial score (nSPS) is 13.9. The Hall–Kier alpha value is -3.79. The van der Waals surface area contributed by atoms with E-state index in [9.17, 15) is 19.5 Å². The minimum atomic E-state index is -1.30. The summed E-state index contributed by atoms with van der Waals surface area (Å²) in [4.78, 5) is 48.0. The first-order valence-corrected chi connectivity index (χ1v) is 11.3. The SMILES string of the molecule is Cc1cc(N2CC(C(=O)CCc3ccco3)C2)nc2c1c(=O)c(C(=O)O)cn2-c1nccs1. The first-order valence-electron chi connectivity index (χ1n) is 10.4. The Labute approximate surface area is 191 Å². The minimum absolute atomic E-state index is 0.0756. The molecule has 5 heterocycles. The van der Waals surface area contributed by atoms with E-state index in [-0.39, 0.29) is 22.7 Å². The average Bonchev–Trinajstić information content (AvgIpc) is 3.45. The number of carbonyl (C=O) groups is 2. The lowest BCUT2D eigenvalue weighted by molar-refractivity contribution is -0.123. The van der Waals surface area contributed by atoms with Gasteiger partial charge in [-0.25, -0.2) is 14.8 Å². The van der Waals surface area contributed by atoms with Gasteiger partial charge in [0, 0.05) is 43.7 Å². The molecule has 0 saturated carbocycles. The smallest absolute Gasteiger partial charge is 0.341 e. The molecule has 0 bridgehead atoms. The number of carboxylic acids is 1. The number of carbonyl (C=O) groups excluding carboxylic acids is 1. The van der Waals surface area contributed by atoms with E-state index in [0.29, 0.717) is 48.1 Å². The van der Waals surface area contributed by atoms with E-state index in [2.05, 4.69) is 4.98 Å². The first-order chi connectivity index (χ1) is 15.9. The van der Waals surface area contributed by atoms with Crippen molar-refractivity contribution in [2.24, 2.45) is 5.92 Å². The van der Waals surface area contributed by atoms with Crippen LogP contribution in [0.5, 0.6) is 0 Å². The van der Waals surface area contributed by atoms with Gasteiger partial charge in [0.2, 0.25) is 5.43 Å². The van der Waals surface area contributed by atoms with Crippen LogP contribution in [0.2, 0.25) is 0 Å². The number of fused-ring (bicyclic) bond motifs is 1. The van der Waals surface area contributed by atoms with Gasteiger partial charge in [0.25, 0.3) is 0 Å². The Kier molecular flexibility index (Phi) is 5.29. The van der Waals surface area contributed by atoms with E-state index in [4.69, 9.17) is 9.40 Å². The molecule has 5 rings (SSSR count). The third-order valence-corrected chi connectivity index (χ3v) is 6.63. The number of thiazole rings is 1. The molecule has 0 atom stereocenters. The number of anilines is 1. The molecule has 1 N–H and O–H groups in total. The highest BCUT2D eigenvalue weighted by Crippen LogP contribution is 2.29. The molecule has 1 aliphatic rings. The number of aromatic carboxylic acids is 1. The maximum atomic E-state index is 12.9. The van der Waals surface area contributed by atoms with Crippen LogP contribution in [0.3, 0.4) is 0 Å². The van der Waals surface area contributed by atoms with Gasteiger partial charge in [0.05, 0.1) is 17.6 Å². The molecule has 10 heteroatoms. The second-order valence-corrected chi connectivity index (χ2v) is 8.88. The summed E-state index contributed by atoms with van der Waals surface area (Å²) in [7, 11) is 0. The molecule has 0 radical (unpaired) electrons. The van der Waals surface area contributed by atoms with Gasteiger partial charge in [-0.1, -0.05) is 0 Å². The Morgan fingerprint density at radius 3 is 2.82 bits per heavy atom. The Balaban J connectivity index is 1.44. The monoisotopic (exact) mass is 464 g/mol. The van der Waals surface area contributed by atoms with E-state index in [1.807, 2.05) is 17.0 Å². The van der Waals surface area contributed by atoms with Crippen LogP contribution >= 0.6 is 11.3 Å². The summed E-state index contributed by atoms with van der Waals surface area (Å²) < 4.78 is 6.84. The third-order valence-electron chi connectivity index (χ3n) is 5.86. The lowest BCUT2D eigenvalue weighted by Crippen LogP contribution is -2.51. The Bertz CT molecular complexity index is 1400. The maximum absolute atomic E-state index is 12.9. The second kappa shape index (κ2) is 8.28. The van der Waals surface area contributed by atoms with Crippen molar-refractivity contribution in [1.82, 2.24) is 14.5 Å². The fraction of sp³-hybridized carbons (Fsp3) is 0.261. The van der Waals surface area contributed by atoms with Crippen molar-refractivity contribution in [3.05, 3.63) is 69.3 Å². The fourth-order valence-electron chi connectivity index (χ4n) is 4.05. The van der Waals surface area contributed by atoms with Gasteiger partial charge in [-0.3, -0.25) is 14.2 Å². The summed E-state index contributed by atoms with van der Waals surface area (Å²) in [5.74, 6) is 0.253. The predicted molar refractivity (Wildman–Crippen MR) is 122 cm³/mol. The zero-order chi connectivity index (χ0) is 23.1. The summed E-state index contributed by atoms with van der Waals surface area (Å²) in [5.41, 5.74) is 0.0708. The van der Waals surface area contributed by atoms with Crippen LogP contribution in [-0.2, 0) is 11.2 Å². The van der Waals surface area contributed by atoms with Crippen LogP contribution in [0.25, 0.3) is 16.2 Å². The minimum Gasteiger partial charge on any atom is -0.477 e. The number of pyridine rings is 2. The molecule has 9 nitrogen and oxygen atoms in total. The van der Waals surface area contributed by atoms with Gasteiger partial charge in [-0.15, -0.1) is 11.3 Å². The number of ketones is 1. The van der Waals surface area contributed by atoms with Crippen molar-refractivity contribution in [2.75, 3.05) is 18.0 Å². The van der Waals surface area contributed by atoms with Crippen LogP contribution in [0.4, 0.5) is 5.82 Å². The third kappa shape index (κ3) is 3.82. The quantitative estimate of drug-likeness (QED) is 0.443. The highest BCUT2D eigenvalue weighted by Gasteiger charge is 2.33. The van der Waals surface area contributed by atoms with E-state index in [0.717, 1.165) is 5.76 Å². The fourth-order valence-corrected chi connectivity index (χ4v) is 4.66. The number of aromatic nitrogens is 3. The van der Waals surface area contributed by atoms with Crippen LogP contribution in [-0.4, -0.2) is 44.5 Å². The molecular weight excluding hydrogens is 444 g/mol. The summed E-state index contributed by atoms with van der Waals surface area (Å²) >= 11 is 1.32. The molecule has 168 valence electrons. The van der Waals surface area contributed by atoms with Gasteiger partial charge < -0.3 is 14.4 Å². The number of aryl methyl sites for hydroxylation is 2. The number of Topliss-reactive ketones (excluding diaryl/α,β-unsaturated/α-hetero) is 1. The van der Waals surface area contributed by atoms with E-state index >= 15 is 0 Å². The number of carboxylic acid groups (broad SMARTS) is 1. The number of hydrogen-bond acceptors (Lipinski definition) is 8. The Morgan fingerprint density at radius 1 is 1.33 bits per heavy atom. The van der Waals surface area contributed by atoms with Crippen LogP contribution in [0, 0.1) is 12.8 Å². The van der Waals surface area contributed by atoms with Gasteiger partial charge in [-0.05, 0) is 30.7 Å². The molecule has 4 aromatic heterocycles. The number of furan rings is 1. The highest BCUT2D eigenvalue weighted by atomic mass is 32.1. The lowest BCUT2D eigenvalue weighted by atomic mass is 9.92. The van der Waals surface area contributed by atoms with Crippen molar-refractivity contribution >= 4 is 39.9 Å². The van der Waals surface area contributed by atoms with Crippen molar-refractivity contribution in [2.45, 2.75) is 19.8 Å². The summed E-state index contributed by atoms with van der Waals surface area (Å²) in [6.45, 7) is 2.85. The molecule has 0 aromatic carbocycles. The second-order valence-electron chi connectivity index (χ2n) is 8.01. The highest BCUT2D eigenvalue weighted by molar-refractivity contribution is 7.12. The molecule has 1 fully saturated rings. The standard InChI is InChI=1S/C23H20N4O5S/c1-13-9-18(26-10-14(11-26)17(28)5-4-15-3-2-7-32-15)25-21-19(13)20(29)16(22(30)31)12-27(21)23-24-6-8-33-23/h2-3,6-9,12,14H,4-5,10-11H2,1H3,(H,30,31). The number of nitrogens with zero attached hydrogens (tertiary/aromatic N) is 4. The molecule has 1 saturated heterocycles. The maximum Gasteiger partial charge on any atom is 0.341 e. The van der Waals surface area contributed by atoms with Crippen LogP contribution in [0.1, 0.15) is 28.1 Å². The van der Waals surface area contributed by atoms with Crippen LogP contribution in [0.15, 0.2) is 51.4 Å². The van der Waals surface area contributed by atoms with Crippen molar-refractivity contribution in [1.29, 1.82) is 0 Å². The van der Waals surface area contributed by atoms with E-state index in [1.54, 1.807) is 35.4 Å². The zero-order valence-corrected chi connectivity index (χ0v) is 18.5. The largest absolute Gasteiger partial charge is 0.477 e. The number of hydrogen-bond donors (Lipinski definition) is 1. The Morgan fingerprint density at radius 2 is 2.15 bits per heavy atom. The number of rotatable bonds is 7. The molecule has 0 spiro atoms. The van der Waals surface area contributed by atoms with Crippen molar-refractivity contribution in [3.8, 4) is 5.13 Å². The molecular formula is C23H20N4O5S. The first kappa shape index (κ1) is 21.1. The van der Waals surface area contributed by atoms with Gasteiger partial charge in [0.15, 0.2) is 10.8 Å². The van der Waals surface area contributed by atoms with E-state index < -0.39 is 11.4 Å². The molecule has 33 heavy (non-hydrogen) atoms. The van der Waals surface area contributed by atoms with E-state index in [1.165, 1.54) is 17.5 Å². The van der Waals surface area contributed by atoms with Gasteiger partial charge >= 0.3 is 5.97 Å². The summed E-state index contributed by atoms with van der Waals surface area (Å²) in [5, 5.41) is 12.1. The lowest BCUT2D eigenvalue weighted by Gasteiger charge is -2.39. The summed E-state index contributed by atoms with van der Waals surface area (Å²) in [6.07, 6.45) is 5.50. The summed E-state index contributed by atoms with van der Waals surface area (Å²) in [6, 6.07) is 5.44. The molecule has 4 aromatic rings. The van der Waals surface area contributed by atoms with Gasteiger partial charge in [-0.2, -0.15) is 0 Å². The predicted octanol–water partition coefficient (Wildman–Crippen LogP) is 3.08. The molecule has 0 unspecified atom stereocenters.